The number of amides is 2. The van der Waals surface area contributed by atoms with E-state index in [2.05, 4.69) is 15.8 Å². The zero-order valence-electron chi connectivity index (χ0n) is 16.4. The molecule has 9 heteroatoms. The Balaban J connectivity index is 1.93. The first-order valence-electron chi connectivity index (χ1n) is 8.90. The molecule has 0 bridgehead atoms. The number of hydrogen-bond acceptors (Lipinski definition) is 6. The van der Waals surface area contributed by atoms with Crippen molar-refractivity contribution in [2.75, 3.05) is 6.54 Å². The number of aryl methyl sites for hydroxylation is 1. The maximum atomic E-state index is 12.3. The average Bonchev–Trinajstić information content (AvgIpc) is 2.67. The Hall–Kier alpha value is -3.20. The maximum absolute atomic E-state index is 12.3. The van der Waals surface area contributed by atoms with E-state index in [0.717, 1.165) is 5.56 Å². The first-order valence-corrected chi connectivity index (χ1v) is 10.3. The van der Waals surface area contributed by atoms with Gasteiger partial charge in [0, 0.05) is 6.54 Å². The first kappa shape index (κ1) is 22.1. The van der Waals surface area contributed by atoms with Crippen LogP contribution in [0.4, 0.5) is 0 Å². The second-order valence-electron chi connectivity index (χ2n) is 6.72. The molecule has 29 heavy (non-hydrogen) atoms. The molecular formula is C20H23N3O5S. The highest BCUT2D eigenvalue weighted by Gasteiger charge is 2.16. The van der Waals surface area contributed by atoms with Crippen LogP contribution >= 0.6 is 0 Å². The van der Waals surface area contributed by atoms with Gasteiger partial charge in [-0.05, 0) is 54.8 Å². The lowest BCUT2D eigenvalue weighted by atomic mass is 10.2. The maximum Gasteiger partial charge on any atom is 0.339 e. The van der Waals surface area contributed by atoms with Crippen LogP contribution in [0.1, 0.15) is 25.0 Å². The highest BCUT2D eigenvalue weighted by Crippen LogP contribution is 2.19. The second-order valence-corrected chi connectivity index (χ2v) is 8.27. The summed E-state index contributed by atoms with van der Waals surface area (Å²) in [4.78, 5) is 23.2. The van der Waals surface area contributed by atoms with E-state index in [1.165, 1.54) is 30.5 Å². The van der Waals surface area contributed by atoms with Crippen LogP contribution in [-0.2, 0) is 19.7 Å². The van der Waals surface area contributed by atoms with Crippen molar-refractivity contribution in [3.8, 4) is 5.75 Å². The normalized spacial score (nSPS) is 11.4. The summed E-state index contributed by atoms with van der Waals surface area (Å²) < 4.78 is 29.6. The average molecular weight is 417 g/mol. The molecule has 8 nitrogen and oxygen atoms in total. The number of rotatable bonds is 7. The molecule has 0 atom stereocenters. The number of hydrazone groups is 1. The van der Waals surface area contributed by atoms with E-state index < -0.39 is 21.9 Å². The topological polar surface area (TPSA) is 114 Å². The molecule has 2 aromatic rings. The molecule has 0 aliphatic carbocycles. The lowest BCUT2D eigenvalue weighted by Gasteiger charge is -2.07. The Morgan fingerprint density at radius 2 is 1.66 bits per heavy atom. The number of nitrogens with zero attached hydrogens (tertiary/aromatic N) is 1. The summed E-state index contributed by atoms with van der Waals surface area (Å²) in [6.45, 7) is 6.08. The molecule has 2 N–H and O–H groups in total. The fraction of sp³-hybridized carbons (Fsp3) is 0.250. The molecule has 154 valence electrons. The van der Waals surface area contributed by atoms with E-state index in [1.807, 2.05) is 20.8 Å². The zero-order valence-corrected chi connectivity index (χ0v) is 17.2. The van der Waals surface area contributed by atoms with Crippen LogP contribution < -0.4 is 14.9 Å². The molecule has 0 saturated heterocycles. The Morgan fingerprint density at radius 1 is 1.03 bits per heavy atom. The van der Waals surface area contributed by atoms with Gasteiger partial charge in [0.15, 0.2) is 0 Å². The van der Waals surface area contributed by atoms with Gasteiger partial charge in [-0.1, -0.05) is 31.5 Å². The minimum atomic E-state index is -3.93. The van der Waals surface area contributed by atoms with Crippen LogP contribution in [0, 0.1) is 12.8 Å². The molecule has 0 aliphatic rings. The van der Waals surface area contributed by atoms with Crippen LogP contribution in [0.3, 0.4) is 0 Å². The Kier molecular flexibility index (Phi) is 7.49. The van der Waals surface area contributed by atoms with Crippen molar-refractivity contribution in [3.63, 3.8) is 0 Å². The molecule has 0 aromatic heterocycles. The van der Waals surface area contributed by atoms with E-state index in [-0.39, 0.29) is 16.6 Å². The molecule has 2 aromatic carbocycles. The highest BCUT2D eigenvalue weighted by molar-refractivity contribution is 7.87. The molecular weight excluding hydrogens is 394 g/mol. The third-order valence-electron chi connectivity index (χ3n) is 3.65. The Morgan fingerprint density at radius 3 is 2.24 bits per heavy atom. The van der Waals surface area contributed by atoms with E-state index >= 15 is 0 Å². The van der Waals surface area contributed by atoms with Crippen molar-refractivity contribution in [2.45, 2.75) is 25.7 Å². The number of hydrogen-bond donors (Lipinski definition) is 2. The summed E-state index contributed by atoms with van der Waals surface area (Å²) in [7, 11) is -3.93. The van der Waals surface area contributed by atoms with E-state index in [4.69, 9.17) is 4.18 Å². The van der Waals surface area contributed by atoms with Crippen molar-refractivity contribution in [1.82, 2.24) is 10.7 Å². The van der Waals surface area contributed by atoms with Crippen molar-refractivity contribution in [2.24, 2.45) is 11.0 Å². The summed E-state index contributed by atoms with van der Waals surface area (Å²) in [5, 5.41) is 6.18. The molecule has 0 aliphatic heterocycles. The van der Waals surface area contributed by atoms with Gasteiger partial charge in [0.1, 0.15) is 10.6 Å². The van der Waals surface area contributed by atoms with Gasteiger partial charge in [0.25, 0.3) is 0 Å². The standard InChI is InChI=1S/C20H23N3O5S/c1-14(2)12-21-19(24)20(25)23-22-13-16-6-8-17(9-7-16)28-29(26,27)18-10-4-15(3)5-11-18/h4-11,13-14H,12H2,1-3H3,(H,21,24)(H,23,25)/b22-13-. The van der Waals surface area contributed by atoms with Crippen molar-refractivity contribution in [3.05, 3.63) is 59.7 Å². The first-order chi connectivity index (χ1) is 13.7. The van der Waals surface area contributed by atoms with Gasteiger partial charge < -0.3 is 9.50 Å². The number of nitrogens with one attached hydrogen (secondary N) is 2. The minimum absolute atomic E-state index is 0.0622. The highest BCUT2D eigenvalue weighted by atomic mass is 32.2. The van der Waals surface area contributed by atoms with E-state index in [9.17, 15) is 18.0 Å². The molecule has 0 saturated carbocycles. The fourth-order valence-electron chi connectivity index (χ4n) is 2.08. The number of carbonyl (C=O) groups excluding carboxylic acids is 2. The quantitative estimate of drug-likeness (QED) is 0.309. The number of carbonyl (C=O) groups is 2. The van der Waals surface area contributed by atoms with E-state index in [0.29, 0.717) is 12.1 Å². The van der Waals surface area contributed by atoms with Crippen molar-refractivity contribution >= 4 is 28.1 Å². The van der Waals surface area contributed by atoms with Crippen LogP contribution in [0.15, 0.2) is 58.5 Å². The third kappa shape index (κ3) is 7.04. The van der Waals surface area contributed by atoms with E-state index in [1.54, 1.807) is 24.3 Å². The molecule has 0 fully saturated rings. The molecule has 0 radical (unpaired) electrons. The summed E-state index contributed by atoms with van der Waals surface area (Å²) in [5.74, 6) is -1.27. The molecule has 0 unspecified atom stereocenters. The largest absolute Gasteiger partial charge is 0.379 e. The molecule has 0 spiro atoms. The lowest BCUT2D eigenvalue weighted by molar-refractivity contribution is -0.139. The predicted molar refractivity (Wildman–Crippen MR) is 109 cm³/mol. The van der Waals surface area contributed by atoms with Gasteiger partial charge in [-0.2, -0.15) is 13.5 Å². The molecule has 0 heterocycles. The van der Waals surface area contributed by atoms with Crippen LogP contribution in [0.5, 0.6) is 5.75 Å². The summed E-state index contributed by atoms with van der Waals surface area (Å²) in [6, 6.07) is 12.4. The predicted octanol–water partition coefficient (Wildman–Crippen LogP) is 1.99. The zero-order chi connectivity index (χ0) is 21.4. The van der Waals surface area contributed by atoms with Crippen LogP contribution in [-0.4, -0.2) is 33.0 Å². The molecule has 2 rings (SSSR count). The van der Waals surface area contributed by atoms with Gasteiger partial charge >= 0.3 is 21.9 Å². The van der Waals surface area contributed by atoms with Crippen LogP contribution in [0.25, 0.3) is 0 Å². The summed E-state index contributed by atoms with van der Waals surface area (Å²) >= 11 is 0. The third-order valence-corrected chi connectivity index (χ3v) is 4.91. The minimum Gasteiger partial charge on any atom is -0.379 e. The Labute approximate surface area is 170 Å². The van der Waals surface area contributed by atoms with Gasteiger partial charge in [0.2, 0.25) is 0 Å². The summed E-state index contributed by atoms with van der Waals surface area (Å²) in [5.41, 5.74) is 3.64. The monoisotopic (exact) mass is 417 g/mol. The SMILES string of the molecule is Cc1ccc(S(=O)(=O)Oc2ccc(/C=N\NC(=O)C(=O)NCC(C)C)cc2)cc1. The summed E-state index contributed by atoms with van der Waals surface area (Å²) in [6.07, 6.45) is 1.33. The van der Waals surface area contributed by atoms with Gasteiger partial charge in [0.05, 0.1) is 6.21 Å². The number of benzene rings is 2. The lowest BCUT2D eigenvalue weighted by Crippen LogP contribution is -2.39. The molecule has 2 amide bonds. The second kappa shape index (κ2) is 9.83. The smallest absolute Gasteiger partial charge is 0.339 e. The van der Waals surface area contributed by atoms with Crippen LogP contribution in [0.2, 0.25) is 0 Å². The van der Waals surface area contributed by atoms with Gasteiger partial charge in [-0.15, -0.1) is 0 Å². The van der Waals surface area contributed by atoms with Crippen molar-refractivity contribution in [1.29, 1.82) is 0 Å². The van der Waals surface area contributed by atoms with Crippen molar-refractivity contribution < 1.29 is 22.2 Å². The Bertz CT molecular complexity index is 982. The fourth-order valence-corrected chi connectivity index (χ4v) is 3.01. The van der Waals surface area contributed by atoms with Gasteiger partial charge in [-0.25, -0.2) is 5.43 Å². The van der Waals surface area contributed by atoms with Gasteiger partial charge in [-0.3, -0.25) is 9.59 Å².